The van der Waals surface area contributed by atoms with Crippen molar-refractivity contribution in [2.45, 2.75) is 79.1 Å². The van der Waals surface area contributed by atoms with Gasteiger partial charge in [-0.1, -0.05) is 66.2 Å². The van der Waals surface area contributed by atoms with Gasteiger partial charge >= 0.3 is 11.9 Å². The van der Waals surface area contributed by atoms with Crippen molar-refractivity contribution in [2.24, 2.45) is 17.6 Å². The maximum absolute atomic E-state index is 12.7. The highest BCUT2D eigenvalue weighted by Gasteiger charge is 2.15. The molecule has 1 amide bonds. The van der Waals surface area contributed by atoms with Gasteiger partial charge in [-0.05, 0) is 97.5 Å². The Hall–Kier alpha value is -5.52. The van der Waals surface area contributed by atoms with E-state index in [0.29, 0.717) is 58.8 Å². The molecule has 0 fully saturated rings. The van der Waals surface area contributed by atoms with E-state index in [9.17, 15) is 14.4 Å². The highest BCUT2D eigenvalue weighted by atomic mass is 16.5. The maximum atomic E-state index is 12.7. The second-order valence-corrected chi connectivity index (χ2v) is 12.8. The number of rotatable bonds is 21. The van der Waals surface area contributed by atoms with Crippen LogP contribution in [0.4, 0.5) is 34.9 Å². The third-order valence-corrected chi connectivity index (χ3v) is 8.80. The lowest BCUT2D eigenvalue weighted by Gasteiger charge is -2.15. The molecule has 5 N–H and O–H groups in total. The van der Waals surface area contributed by atoms with E-state index < -0.39 is 5.91 Å². The largest absolute Gasteiger partial charge is 0.462 e. The van der Waals surface area contributed by atoms with Gasteiger partial charge in [-0.25, -0.2) is 9.59 Å². The predicted molar refractivity (Wildman–Crippen MR) is 205 cm³/mol. The molecule has 0 aliphatic heterocycles. The minimum atomic E-state index is -0.530. The van der Waals surface area contributed by atoms with E-state index >= 15 is 0 Å². The predicted octanol–water partition coefficient (Wildman–Crippen LogP) is 8.95. The van der Waals surface area contributed by atoms with Crippen molar-refractivity contribution in [3.8, 4) is 0 Å². The van der Waals surface area contributed by atoms with Crippen LogP contribution in [0, 0.1) is 11.8 Å². The van der Waals surface area contributed by atoms with Crippen LogP contribution in [-0.2, 0) is 9.47 Å². The number of hydrogen-bond acceptors (Lipinski definition) is 11. The van der Waals surface area contributed by atoms with Gasteiger partial charge in [0.15, 0.2) is 0 Å². The summed E-state index contributed by atoms with van der Waals surface area (Å²) in [5, 5.41) is 9.49. The smallest absolute Gasteiger partial charge is 0.338 e. The van der Waals surface area contributed by atoms with Crippen LogP contribution in [-0.4, -0.2) is 46.0 Å². The van der Waals surface area contributed by atoms with Crippen LogP contribution in [0.25, 0.3) is 0 Å². The number of benzene rings is 3. The fourth-order valence-corrected chi connectivity index (χ4v) is 5.38. The molecule has 4 rings (SSSR count). The molecule has 276 valence electrons. The third-order valence-electron chi connectivity index (χ3n) is 8.80. The summed E-state index contributed by atoms with van der Waals surface area (Å²) in [6.07, 6.45) is 8.48. The van der Waals surface area contributed by atoms with Gasteiger partial charge in [0.1, 0.15) is 0 Å². The zero-order chi connectivity index (χ0) is 37.3. The second kappa shape index (κ2) is 20.4. The number of nitrogens with one attached hydrogen (secondary N) is 3. The first kappa shape index (κ1) is 39.3. The summed E-state index contributed by atoms with van der Waals surface area (Å²) in [5.74, 6) is 0.116. The molecule has 0 spiro atoms. The minimum Gasteiger partial charge on any atom is -0.462 e. The zero-order valence-corrected chi connectivity index (χ0v) is 30.6. The third kappa shape index (κ3) is 12.4. The molecule has 52 heavy (non-hydrogen) atoms. The monoisotopic (exact) mass is 709 g/mol. The molecule has 0 saturated carbocycles. The number of carbonyl (C=O) groups is 3. The Morgan fingerprint density at radius 3 is 1.17 bits per heavy atom. The number of aromatic nitrogens is 3. The molecule has 0 bridgehead atoms. The Kier molecular flexibility index (Phi) is 15.4. The summed E-state index contributed by atoms with van der Waals surface area (Å²) in [4.78, 5) is 50.6. The van der Waals surface area contributed by atoms with Gasteiger partial charge in [0, 0.05) is 22.6 Å². The fraction of sp³-hybridized carbons (Fsp3) is 0.400. The van der Waals surface area contributed by atoms with Crippen LogP contribution in [0.2, 0.25) is 0 Å². The molecule has 1 aromatic heterocycles. The van der Waals surface area contributed by atoms with Crippen molar-refractivity contribution in [1.29, 1.82) is 0 Å². The van der Waals surface area contributed by atoms with Crippen molar-refractivity contribution in [3.63, 3.8) is 0 Å². The molecule has 4 aromatic rings. The molecule has 0 aliphatic rings. The molecular formula is C40H51N7O5. The van der Waals surface area contributed by atoms with E-state index in [0.717, 1.165) is 51.4 Å². The lowest BCUT2D eigenvalue weighted by molar-refractivity contribution is 0.0419. The number of ether oxygens (including phenoxy) is 2. The summed E-state index contributed by atoms with van der Waals surface area (Å²) < 4.78 is 11.2. The summed E-state index contributed by atoms with van der Waals surface area (Å²) in [7, 11) is 0. The number of amides is 1. The molecule has 12 heteroatoms. The van der Waals surface area contributed by atoms with Crippen molar-refractivity contribution in [3.05, 3.63) is 89.5 Å². The van der Waals surface area contributed by atoms with Crippen LogP contribution < -0.4 is 21.7 Å². The van der Waals surface area contributed by atoms with Crippen LogP contribution >= 0.6 is 0 Å². The van der Waals surface area contributed by atoms with Crippen LogP contribution in [0.3, 0.4) is 0 Å². The topological polar surface area (TPSA) is 170 Å². The second-order valence-electron chi connectivity index (χ2n) is 12.8. The maximum Gasteiger partial charge on any atom is 0.338 e. The molecule has 3 aromatic carbocycles. The number of nitrogens with two attached hydrogens (primary N) is 1. The molecule has 12 nitrogen and oxygen atoms in total. The van der Waals surface area contributed by atoms with E-state index in [1.54, 1.807) is 72.8 Å². The van der Waals surface area contributed by atoms with E-state index in [4.69, 9.17) is 15.2 Å². The van der Waals surface area contributed by atoms with Crippen molar-refractivity contribution >= 4 is 52.8 Å². The number of carbonyl (C=O) groups excluding carboxylic acids is 3. The number of primary amides is 1. The van der Waals surface area contributed by atoms with E-state index in [1.165, 1.54) is 0 Å². The highest BCUT2D eigenvalue weighted by Crippen LogP contribution is 2.23. The molecule has 1 heterocycles. The molecule has 2 atom stereocenters. The lowest BCUT2D eigenvalue weighted by Crippen LogP contribution is -2.14. The fourth-order valence-electron chi connectivity index (χ4n) is 5.38. The first-order chi connectivity index (χ1) is 25.2. The number of unbranched alkanes of at least 4 members (excludes halogenated alkanes) is 2. The normalized spacial score (nSPS) is 12.0. The van der Waals surface area contributed by atoms with Gasteiger partial charge in [-0.2, -0.15) is 15.0 Å². The van der Waals surface area contributed by atoms with Gasteiger partial charge < -0.3 is 31.2 Å². The van der Waals surface area contributed by atoms with Gasteiger partial charge in [0.25, 0.3) is 0 Å². The first-order valence-corrected chi connectivity index (χ1v) is 18.2. The number of hydrogen-bond donors (Lipinski definition) is 4. The summed E-state index contributed by atoms with van der Waals surface area (Å²) in [6.45, 7) is 9.35. The van der Waals surface area contributed by atoms with E-state index in [-0.39, 0.29) is 29.8 Å². The van der Waals surface area contributed by atoms with Crippen molar-refractivity contribution in [1.82, 2.24) is 15.0 Å². The molecule has 2 unspecified atom stereocenters. The van der Waals surface area contributed by atoms with Gasteiger partial charge in [0.05, 0.1) is 24.3 Å². The van der Waals surface area contributed by atoms with E-state index in [1.807, 2.05) is 0 Å². The first-order valence-electron chi connectivity index (χ1n) is 18.2. The van der Waals surface area contributed by atoms with Crippen LogP contribution in [0.1, 0.15) is 110 Å². The van der Waals surface area contributed by atoms with Crippen molar-refractivity contribution in [2.75, 3.05) is 29.2 Å². The SMILES string of the molecule is CCCCC(CC)COC(=O)c1ccc(Nc2nc(Nc3ccc(C(N)=O)cc3)nc(Nc3ccc(C(=O)OCC(CC)CCCC)cc3)n2)cc1. The van der Waals surface area contributed by atoms with Gasteiger partial charge in [-0.15, -0.1) is 0 Å². The van der Waals surface area contributed by atoms with E-state index in [2.05, 4.69) is 58.6 Å². The highest BCUT2D eigenvalue weighted by molar-refractivity contribution is 5.93. The standard InChI is InChI=1S/C40H51N7O5/c1-5-9-11-27(7-3)25-51-36(49)30-15-21-33(22-16-30)43-39-45-38(42-32-19-13-29(14-20-32)35(41)48)46-40(47-39)44-34-23-17-31(18-24-34)37(50)52-26-28(8-4)12-10-6-2/h13-24,27-28H,5-12,25-26H2,1-4H3,(H2,41,48)(H3,42,43,44,45,46,47). The molecule has 0 radical (unpaired) electrons. The molecule has 0 aliphatic carbocycles. The average molecular weight is 710 g/mol. The lowest BCUT2D eigenvalue weighted by atomic mass is 10.0. The Labute approximate surface area is 306 Å². The minimum absolute atomic E-state index is 0.217. The van der Waals surface area contributed by atoms with Crippen molar-refractivity contribution < 1.29 is 23.9 Å². The van der Waals surface area contributed by atoms with Crippen LogP contribution in [0.5, 0.6) is 0 Å². The number of anilines is 6. The Morgan fingerprint density at radius 1 is 0.558 bits per heavy atom. The molecular weight excluding hydrogens is 658 g/mol. The summed E-state index contributed by atoms with van der Waals surface area (Å²) in [6, 6.07) is 20.4. The number of esters is 2. The molecule has 0 saturated heterocycles. The van der Waals surface area contributed by atoms with Crippen LogP contribution in [0.15, 0.2) is 72.8 Å². The zero-order valence-electron chi connectivity index (χ0n) is 30.6. The average Bonchev–Trinajstić information content (AvgIpc) is 3.15. The quantitative estimate of drug-likeness (QED) is 0.0609. The van der Waals surface area contributed by atoms with Gasteiger partial charge in [0.2, 0.25) is 23.8 Å². The Balaban J connectivity index is 1.48. The summed E-state index contributed by atoms with van der Waals surface area (Å²) in [5.41, 5.74) is 8.56. The Bertz CT molecular complexity index is 1640. The number of nitrogens with zero attached hydrogens (tertiary/aromatic N) is 3. The summed E-state index contributed by atoms with van der Waals surface area (Å²) >= 11 is 0. The Morgan fingerprint density at radius 2 is 0.885 bits per heavy atom. The van der Waals surface area contributed by atoms with Gasteiger partial charge in [-0.3, -0.25) is 4.79 Å².